The van der Waals surface area contributed by atoms with Gasteiger partial charge in [-0.05, 0) is 36.8 Å². The van der Waals surface area contributed by atoms with Gasteiger partial charge in [0, 0.05) is 20.1 Å². The molecule has 0 saturated heterocycles. The Balaban J connectivity index is 2.24. The summed E-state index contributed by atoms with van der Waals surface area (Å²) in [6, 6.07) is 13.7. The number of methoxy groups -OCH3 is 1. The molecule has 112 valence electrons. The summed E-state index contributed by atoms with van der Waals surface area (Å²) in [6.45, 7) is 2.08. The van der Waals surface area contributed by atoms with Crippen molar-refractivity contribution in [2.75, 3.05) is 31.4 Å². The maximum Gasteiger partial charge on any atom is 0.160 e. The van der Waals surface area contributed by atoms with Crippen LogP contribution >= 0.6 is 0 Å². The lowest BCUT2D eigenvalue weighted by molar-refractivity contribution is 0.373. The summed E-state index contributed by atoms with van der Waals surface area (Å²) in [6.07, 6.45) is 0. The van der Waals surface area contributed by atoms with Crippen molar-refractivity contribution >= 4 is 11.4 Å². The molecule has 0 bridgehead atoms. The highest BCUT2D eigenvalue weighted by atomic mass is 16.5. The number of nitrogens with zero attached hydrogens (tertiary/aromatic N) is 1. The molecule has 0 saturated carbocycles. The zero-order valence-electron chi connectivity index (χ0n) is 12.9. The fourth-order valence-electron chi connectivity index (χ4n) is 2.27. The number of phenols is 1. The summed E-state index contributed by atoms with van der Waals surface area (Å²) in [4.78, 5) is 2.08. The van der Waals surface area contributed by atoms with Crippen molar-refractivity contribution in [3.8, 4) is 11.5 Å². The minimum atomic E-state index is 0.0978. The number of ether oxygens (including phenoxy) is 1. The first kappa shape index (κ1) is 15.0. The Bertz CT molecular complexity index is 611. The SMILES string of the molecule is COc1cc(C(C)Nc2ccccc2N(C)C)ccc1O. The number of para-hydroxylation sites is 2. The summed E-state index contributed by atoms with van der Waals surface area (Å²) in [5.74, 6) is 0.643. The molecule has 2 aromatic carbocycles. The van der Waals surface area contributed by atoms with Crippen LogP contribution in [0.25, 0.3) is 0 Å². The third-order valence-corrected chi connectivity index (χ3v) is 3.46. The maximum atomic E-state index is 9.67. The number of rotatable bonds is 5. The predicted octanol–water partition coefficient (Wildman–Crippen LogP) is 3.64. The smallest absolute Gasteiger partial charge is 0.160 e. The van der Waals surface area contributed by atoms with Crippen LogP contribution < -0.4 is 15.0 Å². The molecule has 0 heterocycles. The van der Waals surface area contributed by atoms with E-state index in [0.717, 1.165) is 16.9 Å². The lowest BCUT2D eigenvalue weighted by atomic mass is 10.1. The van der Waals surface area contributed by atoms with Gasteiger partial charge in [0.05, 0.1) is 18.5 Å². The number of benzene rings is 2. The number of phenolic OH excluding ortho intramolecular Hbond substituents is 1. The Morgan fingerprint density at radius 2 is 1.86 bits per heavy atom. The molecule has 2 N–H and O–H groups in total. The quantitative estimate of drug-likeness (QED) is 0.881. The molecule has 2 rings (SSSR count). The lowest BCUT2D eigenvalue weighted by Gasteiger charge is -2.22. The van der Waals surface area contributed by atoms with Crippen molar-refractivity contribution in [1.82, 2.24) is 0 Å². The summed E-state index contributed by atoms with van der Waals surface area (Å²) in [5, 5.41) is 13.2. The van der Waals surface area contributed by atoms with Gasteiger partial charge in [-0.1, -0.05) is 18.2 Å². The first-order chi connectivity index (χ1) is 10.0. The third kappa shape index (κ3) is 3.40. The van der Waals surface area contributed by atoms with E-state index in [1.807, 2.05) is 38.4 Å². The van der Waals surface area contributed by atoms with E-state index < -0.39 is 0 Å². The molecule has 1 unspecified atom stereocenters. The molecule has 0 aliphatic carbocycles. The molecule has 0 aromatic heterocycles. The lowest BCUT2D eigenvalue weighted by Crippen LogP contribution is -2.14. The average molecular weight is 286 g/mol. The number of hydrogen-bond donors (Lipinski definition) is 2. The van der Waals surface area contributed by atoms with Gasteiger partial charge in [0.15, 0.2) is 11.5 Å². The molecule has 0 amide bonds. The second kappa shape index (κ2) is 6.39. The summed E-state index contributed by atoms with van der Waals surface area (Å²) in [7, 11) is 5.60. The van der Waals surface area contributed by atoms with Crippen molar-refractivity contribution in [3.05, 3.63) is 48.0 Å². The van der Waals surface area contributed by atoms with Gasteiger partial charge in [-0.15, -0.1) is 0 Å². The van der Waals surface area contributed by atoms with Crippen LogP contribution in [0.15, 0.2) is 42.5 Å². The number of hydrogen-bond acceptors (Lipinski definition) is 4. The average Bonchev–Trinajstić information content (AvgIpc) is 2.48. The molecule has 0 radical (unpaired) electrons. The van der Waals surface area contributed by atoms with Crippen LogP contribution in [0.1, 0.15) is 18.5 Å². The van der Waals surface area contributed by atoms with E-state index in [4.69, 9.17) is 4.74 Å². The summed E-state index contributed by atoms with van der Waals surface area (Å²) < 4.78 is 5.16. The molecule has 2 aromatic rings. The van der Waals surface area contributed by atoms with Gasteiger partial charge in [-0.3, -0.25) is 0 Å². The number of nitrogens with one attached hydrogen (secondary N) is 1. The van der Waals surface area contributed by atoms with E-state index >= 15 is 0 Å². The van der Waals surface area contributed by atoms with Crippen LogP contribution in [0.4, 0.5) is 11.4 Å². The highest BCUT2D eigenvalue weighted by Gasteiger charge is 2.11. The highest BCUT2D eigenvalue weighted by molar-refractivity contribution is 5.70. The standard InChI is InChI=1S/C17H22N2O2/c1-12(13-9-10-16(20)17(11-13)21-4)18-14-7-5-6-8-15(14)19(2)3/h5-12,18,20H,1-4H3. The van der Waals surface area contributed by atoms with E-state index in [9.17, 15) is 5.11 Å². The Hall–Kier alpha value is -2.36. The van der Waals surface area contributed by atoms with E-state index in [-0.39, 0.29) is 11.8 Å². The normalized spacial score (nSPS) is 11.8. The molecule has 0 fully saturated rings. The van der Waals surface area contributed by atoms with Crippen molar-refractivity contribution < 1.29 is 9.84 Å². The van der Waals surface area contributed by atoms with Crippen LogP contribution in [0.5, 0.6) is 11.5 Å². The fraction of sp³-hybridized carbons (Fsp3) is 0.294. The van der Waals surface area contributed by atoms with Gasteiger partial charge in [0.1, 0.15) is 0 Å². The molecular formula is C17H22N2O2. The second-order valence-corrected chi connectivity index (χ2v) is 5.21. The zero-order valence-corrected chi connectivity index (χ0v) is 12.9. The summed E-state index contributed by atoms with van der Waals surface area (Å²) in [5.41, 5.74) is 3.26. The molecular weight excluding hydrogens is 264 g/mol. The molecule has 4 heteroatoms. The van der Waals surface area contributed by atoms with E-state index in [1.54, 1.807) is 13.2 Å². The zero-order chi connectivity index (χ0) is 15.4. The second-order valence-electron chi connectivity index (χ2n) is 5.21. The Morgan fingerprint density at radius 1 is 1.14 bits per heavy atom. The Morgan fingerprint density at radius 3 is 2.52 bits per heavy atom. The van der Waals surface area contributed by atoms with Crippen LogP contribution in [0.3, 0.4) is 0 Å². The van der Waals surface area contributed by atoms with Crippen LogP contribution in [0.2, 0.25) is 0 Å². The van der Waals surface area contributed by atoms with Crippen molar-refractivity contribution in [3.63, 3.8) is 0 Å². The van der Waals surface area contributed by atoms with Crippen LogP contribution in [0, 0.1) is 0 Å². The summed E-state index contributed by atoms with van der Waals surface area (Å²) >= 11 is 0. The van der Waals surface area contributed by atoms with Crippen molar-refractivity contribution in [1.29, 1.82) is 0 Å². The van der Waals surface area contributed by atoms with Gasteiger partial charge in [-0.25, -0.2) is 0 Å². The maximum absolute atomic E-state index is 9.67. The predicted molar refractivity (Wildman–Crippen MR) is 87.5 cm³/mol. The molecule has 0 spiro atoms. The highest BCUT2D eigenvalue weighted by Crippen LogP contribution is 2.32. The minimum absolute atomic E-state index is 0.0978. The van der Waals surface area contributed by atoms with Gasteiger partial charge in [-0.2, -0.15) is 0 Å². The molecule has 0 aliphatic heterocycles. The first-order valence-corrected chi connectivity index (χ1v) is 6.92. The van der Waals surface area contributed by atoms with Gasteiger partial charge in [0.25, 0.3) is 0 Å². The monoisotopic (exact) mass is 286 g/mol. The fourth-order valence-corrected chi connectivity index (χ4v) is 2.27. The Kier molecular flexibility index (Phi) is 4.58. The van der Waals surface area contributed by atoms with Crippen molar-refractivity contribution in [2.45, 2.75) is 13.0 Å². The number of anilines is 2. The van der Waals surface area contributed by atoms with Crippen LogP contribution in [-0.4, -0.2) is 26.3 Å². The molecule has 1 atom stereocenters. The van der Waals surface area contributed by atoms with Gasteiger partial charge < -0.3 is 20.1 Å². The third-order valence-electron chi connectivity index (χ3n) is 3.46. The minimum Gasteiger partial charge on any atom is -0.504 e. The molecule has 4 nitrogen and oxygen atoms in total. The topological polar surface area (TPSA) is 44.7 Å². The number of aromatic hydroxyl groups is 1. The Labute approximate surface area is 126 Å². The largest absolute Gasteiger partial charge is 0.504 e. The van der Waals surface area contributed by atoms with Crippen LogP contribution in [-0.2, 0) is 0 Å². The molecule has 21 heavy (non-hydrogen) atoms. The van der Waals surface area contributed by atoms with Gasteiger partial charge >= 0.3 is 0 Å². The van der Waals surface area contributed by atoms with E-state index in [1.165, 1.54) is 0 Å². The van der Waals surface area contributed by atoms with E-state index in [0.29, 0.717) is 5.75 Å². The van der Waals surface area contributed by atoms with Crippen molar-refractivity contribution in [2.24, 2.45) is 0 Å². The van der Waals surface area contributed by atoms with E-state index in [2.05, 4.69) is 29.3 Å². The first-order valence-electron chi connectivity index (χ1n) is 6.92. The molecule has 0 aliphatic rings. The van der Waals surface area contributed by atoms with Gasteiger partial charge in [0.2, 0.25) is 0 Å².